The Morgan fingerprint density at radius 3 is 2.17 bits per heavy atom. The van der Waals surface area contributed by atoms with Gasteiger partial charge < -0.3 is 4.90 Å². The molecule has 1 aliphatic heterocycles. The molecule has 0 aliphatic carbocycles. The summed E-state index contributed by atoms with van der Waals surface area (Å²) in [5, 5.41) is 0. The molecule has 1 aromatic rings. The normalized spacial score (nSPS) is 19.8. The number of hydrogen-bond donors (Lipinski definition) is 0. The standard InChI is InChI=1S/C14H21NO2S/c1-14(2,3)12-6-4-5-7-13(12)15-8-10-18(16,17)11-9-15/h4-7H,8-11H2,1-3H3. The van der Waals surface area contributed by atoms with Gasteiger partial charge in [-0.15, -0.1) is 0 Å². The van der Waals surface area contributed by atoms with Gasteiger partial charge in [0.05, 0.1) is 11.5 Å². The fraction of sp³-hybridized carbons (Fsp3) is 0.571. The zero-order valence-electron chi connectivity index (χ0n) is 11.3. The smallest absolute Gasteiger partial charge is 0.153 e. The lowest BCUT2D eigenvalue weighted by Gasteiger charge is -2.33. The third kappa shape index (κ3) is 2.86. The van der Waals surface area contributed by atoms with Crippen molar-refractivity contribution in [1.29, 1.82) is 0 Å². The van der Waals surface area contributed by atoms with Gasteiger partial charge in [0.1, 0.15) is 0 Å². The Bertz CT molecular complexity index is 515. The maximum absolute atomic E-state index is 11.5. The van der Waals surface area contributed by atoms with E-state index < -0.39 is 9.84 Å². The second-order valence-corrected chi connectivity index (χ2v) is 8.21. The fourth-order valence-corrected chi connectivity index (χ4v) is 3.54. The average molecular weight is 267 g/mol. The summed E-state index contributed by atoms with van der Waals surface area (Å²) in [4.78, 5) is 2.20. The number of benzene rings is 1. The number of para-hydroxylation sites is 1. The van der Waals surface area contributed by atoms with Crippen LogP contribution in [0.3, 0.4) is 0 Å². The summed E-state index contributed by atoms with van der Waals surface area (Å²) in [5.74, 6) is 0.539. The first kappa shape index (κ1) is 13.4. The molecule has 1 heterocycles. The van der Waals surface area contributed by atoms with Crippen LogP contribution < -0.4 is 4.90 Å². The van der Waals surface area contributed by atoms with Crippen molar-refractivity contribution in [2.45, 2.75) is 26.2 Å². The number of rotatable bonds is 1. The molecule has 3 nitrogen and oxygen atoms in total. The van der Waals surface area contributed by atoms with E-state index in [0.717, 1.165) is 0 Å². The molecule has 0 amide bonds. The van der Waals surface area contributed by atoms with Crippen LogP contribution in [-0.2, 0) is 15.3 Å². The molecule has 0 saturated carbocycles. The van der Waals surface area contributed by atoms with E-state index in [1.54, 1.807) is 0 Å². The predicted molar refractivity (Wildman–Crippen MR) is 76.0 cm³/mol. The highest BCUT2D eigenvalue weighted by Crippen LogP contribution is 2.32. The Labute approximate surface area is 110 Å². The molecular weight excluding hydrogens is 246 g/mol. The molecule has 100 valence electrons. The first-order valence-corrected chi connectivity index (χ1v) is 8.17. The summed E-state index contributed by atoms with van der Waals surface area (Å²) in [5.41, 5.74) is 2.54. The van der Waals surface area contributed by atoms with E-state index in [9.17, 15) is 8.42 Å². The van der Waals surface area contributed by atoms with Crippen LogP contribution in [-0.4, -0.2) is 33.0 Å². The molecule has 1 fully saturated rings. The molecular formula is C14H21NO2S. The van der Waals surface area contributed by atoms with Crippen LogP contribution in [0.25, 0.3) is 0 Å². The SMILES string of the molecule is CC(C)(C)c1ccccc1N1CCS(=O)(=O)CC1. The molecule has 0 radical (unpaired) electrons. The molecule has 1 saturated heterocycles. The van der Waals surface area contributed by atoms with E-state index in [-0.39, 0.29) is 16.9 Å². The third-order valence-electron chi connectivity index (χ3n) is 3.40. The third-order valence-corrected chi connectivity index (χ3v) is 5.01. The lowest BCUT2D eigenvalue weighted by molar-refractivity contribution is 0.578. The van der Waals surface area contributed by atoms with Gasteiger partial charge in [0.25, 0.3) is 0 Å². The van der Waals surface area contributed by atoms with E-state index in [4.69, 9.17) is 0 Å². The van der Waals surface area contributed by atoms with Gasteiger partial charge >= 0.3 is 0 Å². The van der Waals surface area contributed by atoms with Crippen LogP contribution in [0.1, 0.15) is 26.3 Å². The first-order chi connectivity index (χ1) is 8.30. The number of sulfone groups is 1. The second kappa shape index (κ2) is 4.57. The fourth-order valence-electron chi connectivity index (χ4n) is 2.34. The van der Waals surface area contributed by atoms with Crippen LogP contribution >= 0.6 is 0 Å². The summed E-state index contributed by atoms with van der Waals surface area (Å²) < 4.78 is 23.0. The Hall–Kier alpha value is -1.03. The summed E-state index contributed by atoms with van der Waals surface area (Å²) in [7, 11) is -2.81. The Morgan fingerprint density at radius 1 is 1.06 bits per heavy atom. The Balaban J connectivity index is 2.30. The van der Waals surface area contributed by atoms with Crippen LogP contribution in [0, 0.1) is 0 Å². The van der Waals surface area contributed by atoms with Crippen molar-refractivity contribution in [3.8, 4) is 0 Å². The Kier molecular flexibility index (Phi) is 3.41. The quantitative estimate of drug-likeness (QED) is 0.783. The van der Waals surface area contributed by atoms with Gasteiger partial charge in [0.15, 0.2) is 9.84 Å². The van der Waals surface area contributed by atoms with E-state index in [1.807, 2.05) is 12.1 Å². The average Bonchev–Trinajstić information content (AvgIpc) is 2.28. The minimum atomic E-state index is -2.81. The van der Waals surface area contributed by atoms with Gasteiger partial charge in [0, 0.05) is 18.8 Å². The van der Waals surface area contributed by atoms with Crippen LogP contribution in [0.2, 0.25) is 0 Å². The summed E-state index contributed by atoms with van der Waals surface area (Å²) in [6.45, 7) is 7.77. The van der Waals surface area contributed by atoms with Gasteiger partial charge in [-0.3, -0.25) is 0 Å². The number of nitrogens with zero attached hydrogens (tertiary/aromatic N) is 1. The molecule has 0 N–H and O–H groups in total. The predicted octanol–water partition coefficient (Wildman–Crippen LogP) is 2.22. The monoisotopic (exact) mass is 267 g/mol. The van der Waals surface area contributed by atoms with Gasteiger partial charge in [-0.1, -0.05) is 39.0 Å². The highest BCUT2D eigenvalue weighted by Gasteiger charge is 2.25. The molecule has 4 heteroatoms. The number of anilines is 1. The topological polar surface area (TPSA) is 37.4 Å². The van der Waals surface area contributed by atoms with E-state index >= 15 is 0 Å². The molecule has 2 rings (SSSR count). The summed E-state index contributed by atoms with van der Waals surface area (Å²) in [6.07, 6.45) is 0. The summed E-state index contributed by atoms with van der Waals surface area (Å²) in [6, 6.07) is 8.30. The molecule has 1 aromatic carbocycles. The van der Waals surface area contributed by atoms with Crippen molar-refractivity contribution in [2.24, 2.45) is 0 Å². The molecule has 0 spiro atoms. The lowest BCUT2D eigenvalue weighted by Crippen LogP contribution is -2.41. The minimum Gasteiger partial charge on any atom is -0.369 e. The molecule has 18 heavy (non-hydrogen) atoms. The maximum atomic E-state index is 11.5. The zero-order chi connectivity index (χ0) is 13.4. The van der Waals surface area contributed by atoms with Crippen LogP contribution in [0.5, 0.6) is 0 Å². The molecule has 0 aromatic heterocycles. The number of hydrogen-bond acceptors (Lipinski definition) is 3. The van der Waals surface area contributed by atoms with Crippen molar-refractivity contribution in [2.75, 3.05) is 29.5 Å². The second-order valence-electron chi connectivity index (χ2n) is 5.91. The molecule has 1 aliphatic rings. The van der Waals surface area contributed by atoms with Gasteiger partial charge in [-0.2, -0.15) is 0 Å². The maximum Gasteiger partial charge on any atom is 0.153 e. The molecule has 0 bridgehead atoms. The van der Waals surface area contributed by atoms with Crippen LogP contribution in [0.4, 0.5) is 5.69 Å². The van der Waals surface area contributed by atoms with Gasteiger partial charge in [0.2, 0.25) is 0 Å². The van der Waals surface area contributed by atoms with Crippen LogP contribution in [0.15, 0.2) is 24.3 Å². The van der Waals surface area contributed by atoms with Crippen molar-refractivity contribution < 1.29 is 8.42 Å². The van der Waals surface area contributed by atoms with E-state index in [1.165, 1.54) is 11.3 Å². The van der Waals surface area contributed by atoms with Gasteiger partial charge in [-0.05, 0) is 17.0 Å². The van der Waals surface area contributed by atoms with E-state index in [2.05, 4.69) is 37.8 Å². The molecule has 0 unspecified atom stereocenters. The minimum absolute atomic E-state index is 0.0763. The molecule has 0 atom stereocenters. The van der Waals surface area contributed by atoms with Crippen molar-refractivity contribution in [3.63, 3.8) is 0 Å². The van der Waals surface area contributed by atoms with Crippen molar-refractivity contribution in [3.05, 3.63) is 29.8 Å². The Morgan fingerprint density at radius 2 is 1.61 bits per heavy atom. The van der Waals surface area contributed by atoms with Crippen molar-refractivity contribution >= 4 is 15.5 Å². The first-order valence-electron chi connectivity index (χ1n) is 6.34. The lowest BCUT2D eigenvalue weighted by atomic mass is 9.85. The van der Waals surface area contributed by atoms with E-state index in [0.29, 0.717) is 13.1 Å². The van der Waals surface area contributed by atoms with Gasteiger partial charge in [-0.25, -0.2) is 8.42 Å². The van der Waals surface area contributed by atoms with Crippen molar-refractivity contribution in [1.82, 2.24) is 0 Å². The largest absolute Gasteiger partial charge is 0.369 e. The summed E-state index contributed by atoms with van der Waals surface area (Å²) >= 11 is 0. The highest BCUT2D eigenvalue weighted by atomic mass is 32.2. The highest BCUT2D eigenvalue weighted by molar-refractivity contribution is 7.91. The zero-order valence-corrected chi connectivity index (χ0v) is 12.1.